The number of benzene rings is 2. The van der Waals surface area contributed by atoms with Crippen molar-refractivity contribution >= 4 is 17.3 Å². The first-order valence-electron chi connectivity index (χ1n) is 8.61. The van der Waals surface area contributed by atoms with Crippen molar-refractivity contribution in [2.75, 3.05) is 19.0 Å². The van der Waals surface area contributed by atoms with Crippen LogP contribution in [0.5, 0.6) is 5.75 Å². The topological polar surface area (TPSA) is 85.9 Å². The average Bonchev–Trinajstić information content (AvgIpc) is 2.67. The number of nitrogens with zero attached hydrogens (tertiary/aromatic N) is 1. The number of amides is 1. The van der Waals surface area contributed by atoms with Gasteiger partial charge in [-0.15, -0.1) is 0 Å². The number of anilines is 1. The minimum Gasteiger partial charge on any atom is -0.490 e. The smallest absolute Gasteiger partial charge is 0.292 e. The van der Waals surface area contributed by atoms with E-state index in [0.717, 1.165) is 16.2 Å². The first-order chi connectivity index (χ1) is 12.9. The van der Waals surface area contributed by atoms with E-state index in [1.807, 2.05) is 31.3 Å². The monoisotopic (exact) mass is 370 g/mol. The van der Waals surface area contributed by atoms with Gasteiger partial charge in [0.2, 0.25) is 0 Å². The van der Waals surface area contributed by atoms with Crippen LogP contribution in [0.1, 0.15) is 12.5 Å². The Kier molecular flexibility index (Phi) is 7.08. The van der Waals surface area contributed by atoms with Crippen LogP contribution in [0.3, 0.4) is 0 Å². The molecule has 2 atom stereocenters. The zero-order valence-corrected chi connectivity index (χ0v) is 15.5. The summed E-state index contributed by atoms with van der Waals surface area (Å²) >= 11 is 0. The first kappa shape index (κ1) is 20.1. The number of nitro benzene ring substituents is 1. The van der Waals surface area contributed by atoms with Gasteiger partial charge in [-0.3, -0.25) is 14.9 Å². The summed E-state index contributed by atoms with van der Waals surface area (Å²) in [5.41, 5.74) is 1.14. The molecule has 142 valence electrons. The fourth-order valence-corrected chi connectivity index (χ4v) is 2.54. The number of quaternary nitrogens is 1. The number of nitrogens with one attached hydrogen (secondary N) is 2. The van der Waals surface area contributed by atoms with Gasteiger partial charge in [-0.1, -0.05) is 24.8 Å². The highest BCUT2D eigenvalue weighted by molar-refractivity contribution is 5.95. The molecule has 0 heterocycles. The Morgan fingerprint density at radius 3 is 2.59 bits per heavy atom. The van der Waals surface area contributed by atoms with Crippen molar-refractivity contribution in [3.05, 3.63) is 76.9 Å². The average molecular weight is 370 g/mol. The molecular weight excluding hydrogens is 346 g/mol. The molecule has 2 aromatic carbocycles. The van der Waals surface area contributed by atoms with Gasteiger partial charge >= 0.3 is 0 Å². The second-order valence-electron chi connectivity index (χ2n) is 6.25. The van der Waals surface area contributed by atoms with E-state index in [1.54, 1.807) is 25.1 Å². The maximum Gasteiger partial charge on any atom is 0.292 e. The van der Waals surface area contributed by atoms with Crippen LogP contribution in [0, 0.1) is 10.1 Å². The summed E-state index contributed by atoms with van der Waals surface area (Å²) in [4.78, 5) is 24.0. The van der Waals surface area contributed by atoms with Crippen LogP contribution in [-0.2, 0) is 11.3 Å². The molecule has 7 nitrogen and oxygen atoms in total. The van der Waals surface area contributed by atoms with E-state index in [2.05, 4.69) is 11.9 Å². The van der Waals surface area contributed by atoms with Crippen molar-refractivity contribution in [2.24, 2.45) is 0 Å². The van der Waals surface area contributed by atoms with Gasteiger partial charge in [-0.05, 0) is 37.3 Å². The molecule has 2 N–H and O–H groups in total. The predicted octanol–water partition coefficient (Wildman–Crippen LogP) is 2.20. The molecule has 1 unspecified atom stereocenters. The van der Waals surface area contributed by atoms with E-state index in [0.29, 0.717) is 13.2 Å². The first-order valence-corrected chi connectivity index (χ1v) is 8.61. The number of rotatable bonds is 9. The Balaban J connectivity index is 1.98. The molecule has 7 heteroatoms. The lowest BCUT2D eigenvalue weighted by molar-refractivity contribution is -0.907. The fourth-order valence-electron chi connectivity index (χ4n) is 2.54. The van der Waals surface area contributed by atoms with Crippen LogP contribution < -0.4 is 15.0 Å². The minimum atomic E-state index is -0.507. The lowest BCUT2D eigenvalue weighted by Gasteiger charge is -2.21. The van der Waals surface area contributed by atoms with Crippen LogP contribution in [0.4, 0.5) is 11.4 Å². The van der Waals surface area contributed by atoms with E-state index < -0.39 is 4.92 Å². The van der Waals surface area contributed by atoms with E-state index in [1.165, 1.54) is 12.1 Å². The molecule has 0 saturated heterocycles. The van der Waals surface area contributed by atoms with Gasteiger partial charge in [0.25, 0.3) is 11.6 Å². The van der Waals surface area contributed by atoms with E-state index in [4.69, 9.17) is 4.74 Å². The van der Waals surface area contributed by atoms with Crippen molar-refractivity contribution in [3.8, 4) is 5.75 Å². The highest BCUT2D eigenvalue weighted by atomic mass is 16.6. The molecule has 2 aromatic rings. The molecule has 1 amide bonds. The van der Waals surface area contributed by atoms with E-state index in [9.17, 15) is 14.9 Å². The molecule has 0 aliphatic rings. The molecule has 0 saturated carbocycles. The summed E-state index contributed by atoms with van der Waals surface area (Å²) in [6.07, 6.45) is 1.68. The van der Waals surface area contributed by atoms with Crippen molar-refractivity contribution in [1.29, 1.82) is 0 Å². The summed E-state index contributed by atoms with van der Waals surface area (Å²) in [5, 5.41) is 13.7. The van der Waals surface area contributed by atoms with Gasteiger partial charge < -0.3 is 15.0 Å². The normalized spacial score (nSPS) is 12.7. The van der Waals surface area contributed by atoms with Gasteiger partial charge in [0, 0.05) is 11.6 Å². The van der Waals surface area contributed by atoms with Crippen LogP contribution >= 0.6 is 0 Å². The molecular formula is C20H24N3O4+. The highest BCUT2D eigenvalue weighted by Gasteiger charge is 2.24. The number of ether oxygens (including phenoxy) is 1. The van der Waals surface area contributed by atoms with Crippen molar-refractivity contribution < 1.29 is 19.4 Å². The van der Waals surface area contributed by atoms with Crippen LogP contribution in [-0.4, -0.2) is 30.5 Å². The molecule has 0 fully saturated rings. The summed E-state index contributed by atoms with van der Waals surface area (Å²) in [6, 6.07) is 13.4. The van der Waals surface area contributed by atoms with Gasteiger partial charge in [0.15, 0.2) is 6.04 Å². The van der Waals surface area contributed by atoms with Crippen molar-refractivity contribution in [3.63, 3.8) is 0 Å². The molecule has 0 radical (unpaired) electrons. The Morgan fingerprint density at radius 2 is 1.96 bits per heavy atom. The number of nitro groups is 1. The minimum absolute atomic E-state index is 0.120. The number of carbonyl (C=O) groups is 1. The molecule has 0 aliphatic heterocycles. The maximum absolute atomic E-state index is 12.5. The standard InChI is InChI=1S/C20H23N3O4/c1-4-13-27-17-11-9-16(10-12-17)14-22(3)15(2)20(24)21-18-7-5-6-8-19(18)23(25)26/h4-12,15H,1,13-14H2,2-3H3,(H,21,24)/p+1/t15-/m1/s1. The third kappa shape index (κ3) is 5.65. The number of para-hydroxylation sites is 2. The Morgan fingerprint density at radius 1 is 1.30 bits per heavy atom. The van der Waals surface area contributed by atoms with Gasteiger partial charge in [-0.2, -0.15) is 0 Å². The quantitative estimate of drug-likeness (QED) is 0.403. The van der Waals surface area contributed by atoms with Crippen LogP contribution in [0.15, 0.2) is 61.2 Å². The second-order valence-corrected chi connectivity index (χ2v) is 6.25. The molecule has 2 rings (SSSR count). The van der Waals surface area contributed by atoms with Gasteiger partial charge in [0.1, 0.15) is 24.6 Å². The van der Waals surface area contributed by atoms with Gasteiger partial charge in [0.05, 0.1) is 12.0 Å². The van der Waals surface area contributed by atoms with Crippen LogP contribution in [0.25, 0.3) is 0 Å². The summed E-state index contributed by atoms with van der Waals surface area (Å²) in [6.45, 7) is 6.49. The van der Waals surface area contributed by atoms with E-state index in [-0.39, 0.29) is 23.3 Å². The maximum atomic E-state index is 12.5. The van der Waals surface area contributed by atoms with Crippen molar-refractivity contribution in [1.82, 2.24) is 0 Å². The fraction of sp³-hybridized carbons (Fsp3) is 0.250. The lowest BCUT2D eigenvalue weighted by atomic mass is 10.1. The Bertz CT molecular complexity index is 805. The Hall–Kier alpha value is -3.19. The third-order valence-corrected chi connectivity index (χ3v) is 4.27. The largest absolute Gasteiger partial charge is 0.490 e. The molecule has 0 spiro atoms. The number of hydrogen-bond acceptors (Lipinski definition) is 4. The molecule has 0 aliphatic carbocycles. The third-order valence-electron chi connectivity index (χ3n) is 4.27. The summed E-state index contributed by atoms with van der Waals surface area (Å²) in [5.74, 6) is 0.492. The second kappa shape index (κ2) is 9.49. The molecule has 0 bridgehead atoms. The zero-order chi connectivity index (χ0) is 19.8. The van der Waals surface area contributed by atoms with Gasteiger partial charge in [-0.25, -0.2) is 0 Å². The number of hydrogen-bond donors (Lipinski definition) is 2. The Labute approximate surface area is 158 Å². The van der Waals surface area contributed by atoms with Crippen molar-refractivity contribution in [2.45, 2.75) is 19.5 Å². The SMILES string of the molecule is C=CCOc1ccc(C[NH+](C)[C@H](C)C(=O)Nc2ccccc2[N+](=O)[O-])cc1. The zero-order valence-electron chi connectivity index (χ0n) is 15.5. The number of likely N-dealkylation sites (N-methyl/N-ethyl adjacent to an activating group) is 1. The number of carbonyl (C=O) groups excluding carboxylic acids is 1. The highest BCUT2D eigenvalue weighted by Crippen LogP contribution is 2.23. The summed E-state index contributed by atoms with van der Waals surface area (Å²) < 4.78 is 5.45. The van der Waals surface area contributed by atoms with E-state index >= 15 is 0 Å². The van der Waals surface area contributed by atoms with Crippen LogP contribution in [0.2, 0.25) is 0 Å². The summed E-state index contributed by atoms with van der Waals surface area (Å²) in [7, 11) is 1.91. The molecule has 27 heavy (non-hydrogen) atoms. The molecule has 0 aromatic heterocycles. The predicted molar refractivity (Wildman–Crippen MR) is 104 cm³/mol. The lowest BCUT2D eigenvalue weighted by Crippen LogP contribution is -3.12.